The second-order valence-electron chi connectivity index (χ2n) is 1.46. The topological polar surface area (TPSA) is 23.8 Å². The van der Waals surface area contributed by atoms with Crippen LogP contribution in [0.5, 0.6) is 0 Å². The summed E-state index contributed by atoms with van der Waals surface area (Å²) in [5.74, 6) is 0.966. The highest BCUT2D eigenvalue weighted by atomic mass is 32.2. The average molecular weight is 123 g/mol. The molecule has 1 heterocycles. The van der Waals surface area contributed by atoms with Crippen LogP contribution in [0.4, 0.5) is 0 Å². The van der Waals surface area contributed by atoms with Crippen LogP contribution in [0.15, 0.2) is 23.1 Å². The van der Waals surface area contributed by atoms with Crippen LogP contribution in [0.25, 0.3) is 0 Å². The number of nitriles is 1. The van der Waals surface area contributed by atoms with Gasteiger partial charge in [0, 0.05) is 11.8 Å². The average Bonchev–Trinajstić information content (AvgIpc) is 2.19. The van der Waals surface area contributed by atoms with Crippen LogP contribution in [0, 0.1) is 11.3 Å². The van der Waals surface area contributed by atoms with E-state index in [2.05, 4.69) is 0 Å². The molecule has 8 heavy (non-hydrogen) atoms. The van der Waals surface area contributed by atoms with Crippen LogP contribution in [0.3, 0.4) is 0 Å². The molecule has 0 aromatic rings. The van der Waals surface area contributed by atoms with Gasteiger partial charge in [-0.2, -0.15) is 5.26 Å². The van der Waals surface area contributed by atoms with Gasteiger partial charge < -0.3 is 0 Å². The Labute approximate surface area is 52.7 Å². The zero-order valence-corrected chi connectivity index (χ0v) is 5.11. The Kier molecular flexibility index (Phi) is 1.76. The van der Waals surface area contributed by atoms with Gasteiger partial charge in [0.15, 0.2) is 0 Å². The molecule has 0 radical (unpaired) electrons. The Morgan fingerprint density at radius 3 is 3.25 bits per heavy atom. The van der Waals surface area contributed by atoms with Crippen molar-refractivity contribution >= 4 is 11.8 Å². The van der Waals surface area contributed by atoms with Crippen LogP contribution in [0.1, 0.15) is 0 Å². The van der Waals surface area contributed by atoms with Gasteiger partial charge >= 0.3 is 0 Å². The molecule has 0 fully saturated rings. The number of hydrogen-bond acceptors (Lipinski definition) is 2. The van der Waals surface area contributed by atoms with Gasteiger partial charge in [-0.1, -0.05) is 6.08 Å². The Bertz CT molecular complexity index is 173. The van der Waals surface area contributed by atoms with Gasteiger partial charge in [-0.3, -0.25) is 0 Å². The molecule has 2 heteroatoms. The third-order valence-corrected chi connectivity index (χ3v) is 1.71. The van der Waals surface area contributed by atoms with E-state index in [4.69, 9.17) is 5.26 Å². The summed E-state index contributed by atoms with van der Waals surface area (Å²) >= 11 is 1.72. The van der Waals surface area contributed by atoms with Gasteiger partial charge in [0.2, 0.25) is 0 Å². The largest absolute Gasteiger partial charge is 0.193 e. The van der Waals surface area contributed by atoms with E-state index in [1.807, 2.05) is 17.6 Å². The van der Waals surface area contributed by atoms with Crippen LogP contribution in [-0.2, 0) is 0 Å². The molecule has 0 amide bonds. The lowest BCUT2D eigenvalue weighted by Gasteiger charge is -1.81. The highest BCUT2D eigenvalue weighted by molar-refractivity contribution is 8.02. The Balaban J connectivity index is 2.63. The fourth-order valence-corrected chi connectivity index (χ4v) is 1.24. The molecule has 0 aliphatic carbocycles. The Hall–Kier alpha value is -0.680. The highest BCUT2D eigenvalue weighted by Gasteiger charge is 1.96. The van der Waals surface area contributed by atoms with E-state index in [0.717, 1.165) is 11.3 Å². The summed E-state index contributed by atoms with van der Waals surface area (Å²) < 4.78 is 0. The first-order chi connectivity index (χ1) is 3.93. The highest BCUT2D eigenvalue weighted by Crippen LogP contribution is 2.18. The van der Waals surface area contributed by atoms with Crippen molar-refractivity contribution in [3.8, 4) is 6.07 Å². The summed E-state index contributed by atoms with van der Waals surface area (Å²) in [4.78, 5) is 0. The van der Waals surface area contributed by atoms with E-state index in [1.54, 1.807) is 17.8 Å². The van der Waals surface area contributed by atoms with Crippen molar-refractivity contribution < 1.29 is 0 Å². The van der Waals surface area contributed by atoms with Gasteiger partial charge in [-0.15, -0.1) is 11.8 Å². The number of allylic oxidation sites excluding steroid dienone is 2. The predicted molar refractivity (Wildman–Crippen MR) is 35.3 cm³/mol. The molecule has 1 aliphatic rings. The first kappa shape index (κ1) is 5.46. The Morgan fingerprint density at radius 1 is 1.88 bits per heavy atom. The minimum Gasteiger partial charge on any atom is -0.193 e. The maximum atomic E-state index is 8.16. The molecule has 0 bridgehead atoms. The molecule has 40 valence electrons. The fourth-order valence-electron chi connectivity index (χ4n) is 0.501. The molecule has 1 nitrogen and oxygen atoms in total. The summed E-state index contributed by atoms with van der Waals surface area (Å²) in [5.41, 5.74) is 1.12. The smallest absolute Gasteiger partial charge is 0.0915 e. The minimum absolute atomic E-state index is 0.966. The lowest BCUT2D eigenvalue weighted by molar-refractivity contribution is 1.50. The second-order valence-corrected chi connectivity index (χ2v) is 2.36. The number of hydrogen-bond donors (Lipinski definition) is 0. The number of nitrogens with zero attached hydrogens (tertiary/aromatic N) is 1. The zero-order chi connectivity index (χ0) is 5.82. The monoisotopic (exact) mass is 123 g/mol. The van der Waals surface area contributed by atoms with E-state index in [9.17, 15) is 0 Å². The van der Waals surface area contributed by atoms with E-state index >= 15 is 0 Å². The third kappa shape index (κ3) is 1.14. The summed E-state index contributed by atoms with van der Waals surface area (Å²) in [6.45, 7) is 0. The molecular weight excluding hydrogens is 118 g/mol. The normalized spacial score (nSPS) is 21.6. The molecule has 1 aliphatic heterocycles. The van der Waals surface area contributed by atoms with Crippen molar-refractivity contribution in [2.45, 2.75) is 0 Å². The van der Waals surface area contributed by atoms with Crippen LogP contribution in [0.2, 0.25) is 0 Å². The minimum atomic E-state index is 0.966. The molecule has 0 aromatic heterocycles. The maximum Gasteiger partial charge on any atom is 0.0915 e. The first-order valence-corrected chi connectivity index (χ1v) is 3.35. The molecule has 0 saturated carbocycles. The van der Waals surface area contributed by atoms with Gasteiger partial charge in [0.1, 0.15) is 0 Å². The standard InChI is InChI=1S/C6H5NS/c7-3-1-6-2-4-8-5-6/h1-2,4H,5H2/b6-1+. The molecule has 0 N–H and O–H groups in total. The summed E-state index contributed by atoms with van der Waals surface area (Å²) in [7, 11) is 0. The van der Waals surface area contributed by atoms with Crippen molar-refractivity contribution in [1.82, 2.24) is 0 Å². The fraction of sp³-hybridized carbons (Fsp3) is 0.167. The van der Waals surface area contributed by atoms with E-state index in [1.165, 1.54) is 0 Å². The molecule has 0 saturated heterocycles. The SMILES string of the molecule is N#C/C=C1\C=CSC1. The van der Waals surface area contributed by atoms with Crippen molar-refractivity contribution in [3.63, 3.8) is 0 Å². The van der Waals surface area contributed by atoms with E-state index < -0.39 is 0 Å². The van der Waals surface area contributed by atoms with Crippen molar-refractivity contribution in [1.29, 1.82) is 5.26 Å². The van der Waals surface area contributed by atoms with Gasteiger partial charge in [-0.05, 0) is 11.0 Å². The maximum absolute atomic E-state index is 8.16. The summed E-state index contributed by atoms with van der Waals surface area (Å²) in [6.07, 6.45) is 3.55. The van der Waals surface area contributed by atoms with Gasteiger partial charge in [0.25, 0.3) is 0 Å². The van der Waals surface area contributed by atoms with Crippen LogP contribution in [-0.4, -0.2) is 5.75 Å². The number of thioether (sulfide) groups is 1. The Morgan fingerprint density at radius 2 is 2.75 bits per heavy atom. The van der Waals surface area contributed by atoms with Gasteiger partial charge in [0.05, 0.1) is 6.07 Å². The summed E-state index contributed by atoms with van der Waals surface area (Å²) in [6, 6.07) is 1.98. The van der Waals surface area contributed by atoms with Gasteiger partial charge in [-0.25, -0.2) is 0 Å². The molecule has 0 spiro atoms. The lowest BCUT2D eigenvalue weighted by atomic mass is 10.3. The van der Waals surface area contributed by atoms with Crippen molar-refractivity contribution in [2.24, 2.45) is 0 Å². The predicted octanol–water partition coefficient (Wildman–Crippen LogP) is 1.70. The molecular formula is C6H5NS. The molecule has 0 atom stereocenters. The third-order valence-electron chi connectivity index (χ3n) is 0.878. The van der Waals surface area contributed by atoms with Crippen LogP contribution >= 0.6 is 11.8 Å². The first-order valence-electron chi connectivity index (χ1n) is 2.30. The molecule has 1 rings (SSSR count). The molecule has 0 aromatic carbocycles. The lowest BCUT2D eigenvalue weighted by Crippen LogP contribution is -1.71. The number of rotatable bonds is 0. The quantitative estimate of drug-likeness (QED) is 0.458. The van der Waals surface area contributed by atoms with Crippen molar-refractivity contribution in [2.75, 3.05) is 5.75 Å². The van der Waals surface area contributed by atoms with E-state index in [0.29, 0.717) is 0 Å². The molecule has 0 unspecified atom stereocenters. The zero-order valence-electron chi connectivity index (χ0n) is 4.29. The second kappa shape index (κ2) is 2.58. The van der Waals surface area contributed by atoms with Crippen LogP contribution < -0.4 is 0 Å². The van der Waals surface area contributed by atoms with E-state index in [-0.39, 0.29) is 0 Å². The summed E-state index contributed by atoms with van der Waals surface area (Å²) in [5, 5.41) is 10.2. The van der Waals surface area contributed by atoms with Crippen molar-refractivity contribution in [3.05, 3.63) is 23.1 Å².